The molecule has 1 aliphatic carbocycles. The molecule has 2 heterocycles. The zero-order valence-electron chi connectivity index (χ0n) is 12.1. The van der Waals surface area contributed by atoms with Gasteiger partial charge in [-0.2, -0.15) is 0 Å². The van der Waals surface area contributed by atoms with Gasteiger partial charge in [-0.25, -0.2) is 4.98 Å². The summed E-state index contributed by atoms with van der Waals surface area (Å²) in [6.07, 6.45) is 5.68. The molecule has 0 atom stereocenters. The minimum atomic E-state index is 0.860. The van der Waals surface area contributed by atoms with E-state index in [2.05, 4.69) is 43.9 Å². The summed E-state index contributed by atoms with van der Waals surface area (Å²) in [5.41, 5.74) is 1.12. The minimum Gasteiger partial charge on any atom is -0.345 e. The molecule has 0 bridgehead atoms. The second kappa shape index (κ2) is 5.86. The van der Waals surface area contributed by atoms with Crippen molar-refractivity contribution in [2.75, 3.05) is 31.1 Å². The van der Waals surface area contributed by atoms with Crippen LogP contribution in [0.25, 0.3) is 10.2 Å². The summed E-state index contributed by atoms with van der Waals surface area (Å²) in [4.78, 5) is 9.97. The molecule has 1 aromatic heterocycles. The number of hydrogen-bond donors (Lipinski definition) is 0. The van der Waals surface area contributed by atoms with Gasteiger partial charge in [0, 0.05) is 36.7 Å². The van der Waals surface area contributed by atoms with Gasteiger partial charge in [-0.3, -0.25) is 4.90 Å². The van der Waals surface area contributed by atoms with Crippen LogP contribution in [0.5, 0.6) is 0 Å². The van der Waals surface area contributed by atoms with E-state index in [0.717, 1.165) is 29.1 Å². The van der Waals surface area contributed by atoms with Crippen molar-refractivity contribution < 1.29 is 0 Å². The summed E-state index contributed by atoms with van der Waals surface area (Å²) in [5.74, 6) is 0. The summed E-state index contributed by atoms with van der Waals surface area (Å²) >= 11 is 5.36. The third-order valence-electron chi connectivity index (χ3n) is 4.77. The Bertz CT molecular complexity index is 627. The molecule has 0 N–H and O–H groups in total. The van der Waals surface area contributed by atoms with Crippen molar-refractivity contribution in [3.8, 4) is 0 Å². The number of rotatable bonds is 2. The molecule has 21 heavy (non-hydrogen) atoms. The minimum absolute atomic E-state index is 0.860. The van der Waals surface area contributed by atoms with E-state index < -0.39 is 0 Å². The number of thiazole rings is 1. The highest BCUT2D eigenvalue weighted by Crippen LogP contribution is 2.32. The van der Waals surface area contributed by atoms with Crippen molar-refractivity contribution in [2.45, 2.75) is 31.7 Å². The monoisotopic (exact) mass is 365 g/mol. The largest absolute Gasteiger partial charge is 0.345 e. The summed E-state index contributed by atoms with van der Waals surface area (Å²) in [7, 11) is 0. The lowest BCUT2D eigenvalue weighted by Crippen LogP contribution is -2.49. The van der Waals surface area contributed by atoms with Gasteiger partial charge >= 0.3 is 0 Å². The second-order valence-electron chi connectivity index (χ2n) is 6.07. The van der Waals surface area contributed by atoms with Crippen LogP contribution in [0.4, 0.5) is 5.13 Å². The summed E-state index contributed by atoms with van der Waals surface area (Å²) < 4.78 is 2.41. The van der Waals surface area contributed by atoms with Gasteiger partial charge in [0.2, 0.25) is 0 Å². The van der Waals surface area contributed by atoms with Crippen molar-refractivity contribution in [2.24, 2.45) is 0 Å². The number of piperazine rings is 1. The molecule has 112 valence electrons. The Morgan fingerprint density at radius 2 is 1.86 bits per heavy atom. The van der Waals surface area contributed by atoms with Gasteiger partial charge in [0.1, 0.15) is 0 Å². The lowest BCUT2D eigenvalue weighted by atomic mass is 10.2. The summed E-state index contributed by atoms with van der Waals surface area (Å²) in [6.45, 7) is 4.64. The van der Waals surface area contributed by atoms with Gasteiger partial charge in [-0.1, -0.05) is 40.1 Å². The molecule has 2 aliphatic rings. The van der Waals surface area contributed by atoms with Crippen molar-refractivity contribution in [1.82, 2.24) is 9.88 Å². The molecule has 1 aliphatic heterocycles. The number of nitrogens with zero attached hydrogens (tertiary/aromatic N) is 3. The Hall–Kier alpha value is -0.650. The fourth-order valence-corrected chi connectivity index (χ4v) is 5.14. The number of benzene rings is 1. The molecular formula is C16H20BrN3S. The van der Waals surface area contributed by atoms with E-state index in [4.69, 9.17) is 4.98 Å². The SMILES string of the molecule is Brc1ccc2nc(N3CCN(C4CCCC4)CC3)sc2c1. The van der Waals surface area contributed by atoms with E-state index in [1.165, 1.54) is 48.6 Å². The van der Waals surface area contributed by atoms with Crippen LogP contribution in [0.15, 0.2) is 22.7 Å². The first-order chi connectivity index (χ1) is 10.3. The quantitative estimate of drug-likeness (QED) is 0.797. The van der Waals surface area contributed by atoms with Crippen LogP contribution >= 0.6 is 27.3 Å². The highest BCUT2D eigenvalue weighted by atomic mass is 79.9. The number of halogens is 1. The van der Waals surface area contributed by atoms with Crippen molar-refractivity contribution in [3.05, 3.63) is 22.7 Å². The normalized spacial score (nSPS) is 21.5. The van der Waals surface area contributed by atoms with E-state index in [0.29, 0.717) is 0 Å². The average molecular weight is 366 g/mol. The first-order valence-corrected chi connectivity index (χ1v) is 9.46. The molecule has 1 saturated heterocycles. The number of aromatic nitrogens is 1. The average Bonchev–Trinajstić information content (AvgIpc) is 3.16. The standard InChI is InChI=1S/C16H20BrN3S/c17-12-5-6-14-15(11-12)21-16(18-14)20-9-7-19(8-10-20)13-3-1-2-4-13/h5-6,11,13H,1-4,7-10H2. The summed E-state index contributed by atoms with van der Waals surface area (Å²) in [6, 6.07) is 7.21. The van der Waals surface area contributed by atoms with Gasteiger partial charge in [0.15, 0.2) is 5.13 Å². The molecule has 2 fully saturated rings. The zero-order chi connectivity index (χ0) is 14.2. The van der Waals surface area contributed by atoms with Crippen LogP contribution in [0, 0.1) is 0 Å². The predicted octanol–water partition coefficient (Wildman–Crippen LogP) is 4.12. The summed E-state index contributed by atoms with van der Waals surface area (Å²) in [5, 5.41) is 1.19. The van der Waals surface area contributed by atoms with Gasteiger partial charge < -0.3 is 4.90 Å². The van der Waals surface area contributed by atoms with Crippen LogP contribution in [-0.4, -0.2) is 42.1 Å². The van der Waals surface area contributed by atoms with Crippen LogP contribution in [0.2, 0.25) is 0 Å². The molecule has 0 radical (unpaired) electrons. The molecular weight excluding hydrogens is 346 g/mol. The second-order valence-corrected chi connectivity index (χ2v) is 7.99. The van der Waals surface area contributed by atoms with E-state index in [1.807, 2.05) is 11.3 Å². The first-order valence-electron chi connectivity index (χ1n) is 7.85. The van der Waals surface area contributed by atoms with Gasteiger partial charge in [0.25, 0.3) is 0 Å². The third kappa shape index (κ3) is 2.83. The first kappa shape index (κ1) is 14.0. The Balaban J connectivity index is 1.46. The molecule has 0 amide bonds. The van der Waals surface area contributed by atoms with Crippen molar-refractivity contribution in [1.29, 1.82) is 0 Å². The van der Waals surface area contributed by atoms with Crippen LogP contribution in [0.1, 0.15) is 25.7 Å². The number of anilines is 1. The van der Waals surface area contributed by atoms with Crippen LogP contribution in [-0.2, 0) is 0 Å². The van der Waals surface area contributed by atoms with Gasteiger partial charge in [-0.15, -0.1) is 0 Å². The zero-order valence-corrected chi connectivity index (χ0v) is 14.5. The number of hydrogen-bond acceptors (Lipinski definition) is 4. The molecule has 1 aromatic carbocycles. The molecule has 0 unspecified atom stereocenters. The van der Waals surface area contributed by atoms with Gasteiger partial charge in [0.05, 0.1) is 10.2 Å². The van der Waals surface area contributed by atoms with Crippen LogP contribution in [0.3, 0.4) is 0 Å². The Kier molecular flexibility index (Phi) is 3.90. The smallest absolute Gasteiger partial charge is 0.186 e. The van der Waals surface area contributed by atoms with Crippen molar-refractivity contribution >= 4 is 42.6 Å². The Morgan fingerprint density at radius 1 is 1.10 bits per heavy atom. The fraction of sp³-hybridized carbons (Fsp3) is 0.562. The highest BCUT2D eigenvalue weighted by Gasteiger charge is 2.27. The molecule has 4 rings (SSSR count). The predicted molar refractivity (Wildman–Crippen MR) is 93.4 cm³/mol. The maximum absolute atomic E-state index is 4.81. The lowest BCUT2D eigenvalue weighted by molar-refractivity contribution is 0.187. The Morgan fingerprint density at radius 3 is 2.62 bits per heavy atom. The maximum atomic E-state index is 4.81. The van der Waals surface area contributed by atoms with E-state index in [9.17, 15) is 0 Å². The van der Waals surface area contributed by atoms with Crippen molar-refractivity contribution in [3.63, 3.8) is 0 Å². The third-order valence-corrected chi connectivity index (χ3v) is 6.34. The lowest BCUT2D eigenvalue weighted by Gasteiger charge is -2.37. The molecule has 0 spiro atoms. The van der Waals surface area contributed by atoms with E-state index in [-0.39, 0.29) is 0 Å². The van der Waals surface area contributed by atoms with E-state index in [1.54, 1.807) is 0 Å². The molecule has 2 aromatic rings. The molecule has 3 nitrogen and oxygen atoms in total. The van der Waals surface area contributed by atoms with Gasteiger partial charge in [-0.05, 0) is 31.0 Å². The maximum Gasteiger partial charge on any atom is 0.186 e. The van der Waals surface area contributed by atoms with E-state index >= 15 is 0 Å². The van der Waals surface area contributed by atoms with Crippen LogP contribution < -0.4 is 4.90 Å². The fourth-order valence-electron chi connectivity index (χ4n) is 3.57. The Labute approximate surface area is 138 Å². The topological polar surface area (TPSA) is 19.4 Å². The highest BCUT2D eigenvalue weighted by molar-refractivity contribution is 9.10. The number of fused-ring (bicyclic) bond motifs is 1. The molecule has 1 saturated carbocycles. The molecule has 5 heteroatoms.